The number of nitrogens with zero attached hydrogens (tertiary/aromatic N) is 3. The molecule has 1 aromatic rings. The van der Waals surface area contributed by atoms with Gasteiger partial charge in [0, 0.05) is 44.3 Å². The number of hydrogen-bond acceptors (Lipinski definition) is 4. The molecule has 0 saturated carbocycles. The van der Waals surface area contributed by atoms with E-state index in [4.69, 9.17) is 4.74 Å². The van der Waals surface area contributed by atoms with E-state index < -0.39 is 0 Å². The first-order chi connectivity index (χ1) is 9.04. The highest BCUT2D eigenvalue weighted by molar-refractivity contribution is 5.06. The fraction of sp³-hybridized carbons (Fsp3) is 0.786. The molecule has 1 saturated heterocycles. The van der Waals surface area contributed by atoms with Crippen molar-refractivity contribution < 1.29 is 4.74 Å². The van der Waals surface area contributed by atoms with E-state index in [0.717, 1.165) is 38.4 Å². The summed E-state index contributed by atoms with van der Waals surface area (Å²) in [5.74, 6) is 0. The van der Waals surface area contributed by atoms with E-state index in [9.17, 15) is 0 Å². The van der Waals surface area contributed by atoms with Crippen LogP contribution < -0.4 is 5.32 Å². The van der Waals surface area contributed by atoms with E-state index >= 15 is 0 Å². The van der Waals surface area contributed by atoms with Gasteiger partial charge in [-0.2, -0.15) is 5.10 Å². The Bertz CT molecular complexity index is 396. The number of hydrogen-bond donors (Lipinski definition) is 1. The number of likely N-dealkylation sites (N-methyl/N-ethyl adjacent to an activating group) is 1. The average molecular weight is 266 g/mol. The standard InChI is InChI=1S/C14H26N4O/c1-14(2,18-7-9-19-10-8-18)13(15-3)11-12-5-6-17(4)16-12/h5-6,13,15H,7-11H2,1-4H3. The van der Waals surface area contributed by atoms with Crippen LogP contribution in [0.4, 0.5) is 0 Å². The molecule has 1 fully saturated rings. The zero-order chi connectivity index (χ0) is 13.9. The lowest BCUT2D eigenvalue weighted by Gasteiger charge is -2.45. The van der Waals surface area contributed by atoms with Gasteiger partial charge in [0.25, 0.3) is 0 Å². The van der Waals surface area contributed by atoms with E-state index in [1.54, 1.807) is 0 Å². The molecular weight excluding hydrogens is 240 g/mol. The molecule has 1 aromatic heterocycles. The summed E-state index contributed by atoms with van der Waals surface area (Å²) in [4.78, 5) is 2.51. The topological polar surface area (TPSA) is 42.3 Å². The minimum atomic E-state index is 0.0933. The van der Waals surface area contributed by atoms with Crippen molar-refractivity contribution in [3.05, 3.63) is 18.0 Å². The van der Waals surface area contributed by atoms with Gasteiger partial charge in [0.15, 0.2) is 0 Å². The second kappa shape index (κ2) is 6.03. The van der Waals surface area contributed by atoms with Gasteiger partial charge < -0.3 is 10.1 Å². The van der Waals surface area contributed by atoms with Crippen LogP contribution in [-0.2, 0) is 18.2 Å². The first-order valence-corrected chi connectivity index (χ1v) is 7.02. The quantitative estimate of drug-likeness (QED) is 0.850. The first-order valence-electron chi connectivity index (χ1n) is 7.02. The van der Waals surface area contributed by atoms with Gasteiger partial charge in [-0.3, -0.25) is 9.58 Å². The molecule has 1 unspecified atom stereocenters. The number of morpholine rings is 1. The molecule has 1 N–H and O–H groups in total. The van der Waals surface area contributed by atoms with Crippen molar-refractivity contribution in [2.75, 3.05) is 33.4 Å². The lowest BCUT2D eigenvalue weighted by Crippen LogP contribution is -2.60. The van der Waals surface area contributed by atoms with Gasteiger partial charge in [-0.1, -0.05) is 0 Å². The molecule has 5 nitrogen and oxygen atoms in total. The zero-order valence-electron chi connectivity index (χ0n) is 12.5. The van der Waals surface area contributed by atoms with Gasteiger partial charge in [-0.05, 0) is 27.0 Å². The predicted octanol–water partition coefficient (Wildman–Crippen LogP) is 0.661. The Balaban J connectivity index is 2.06. The Morgan fingerprint density at radius 1 is 1.42 bits per heavy atom. The first kappa shape index (κ1) is 14.5. The summed E-state index contributed by atoms with van der Waals surface area (Å²) in [5.41, 5.74) is 1.24. The Labute approximate surface area is 115 Å². The Morgan fingerprint density at radius 2 is 2.11 bits per heavy atom. The molecule has 0 bridgehead atoms. The lowest BCUT2D eigenvalue weighted by molar-refractivity contribution is -0.0224. The third-order valence-corrected chi connectivity index (χ3v) is 4.21. The summed E-state index contributed by atoms with van der Waals surface area (Å²) >= 11 is 0. The van der Waals surface area contributed by atoms with Gasteiger partial charge >= 0.3 is 0 Å². The van der Waals surface area contributed by atoms with Crippen molar-refractivity contribution in [2.45, 2.75) is 31.8 Å². The fourth-order valence-electron chi connectivity index (χ4n) is 2.85. The second-order valence-corrected chi connectivity index (χ2v) is 5.78. The number of nitrogens with one attached hydrogen (secondary N) is 1. The highest BCUT2D eigenvalue weighted by atomic mass is 16.5. The molecule has 1 aliphatic heterocycles. The van der Waals surface area contributed by atoms with Gasteiger partial charge in [0.05, 0.1) is 18.9 Å². The van der Waals surface area contributed by atoms with Crippen LogP contribution >= 0.6 is 0 Å². The van der Waals surface area contributed by atoms with Crippen molar-refractivity contribution in [1.29, 1.82) is 0 Å². The van der Waals surface area contributed by atoms with Crippen molar-refractivity contribution in [3.63, 3.8) is 0 Å². The zero-order valence-corrected chi connectivity index (χ0v) is 12.5. The van der Waals surface area contributed by atoms with E-state index in [0.29, 0.717) is 6.04 Å². The molecule has 2 heterocycles. The molecule has 0 aromatic carbocycles. The summed E-state index contributed by atoms with van der Waals surface area (Å²) in [5, 5.41) is 7.96. The molecule has 1 atom stereocenters. The van der Waals surface area contributed by atoms with Crippen LogP contribution in [0.2, 0.25) is 0 Å². The van der Waals surface area contributed by atoms with Gasteiger partial charge in [0.2, 0.25) is 0 Å². The maximum absolute atomic E-state index is 5.45. The molecule has 0 spiro atoms. The molecule has 108 valence electrons. The average Bonchev–Trinajstić information content (AvgIpc) is 2.82. The molecule has 0 aliphatic carbocycles. The van der Waals surface area contributed by atoms with E-state index in [-0.39, 0.29) is 5.54 Å². The number of ether oxygens (including phenoxy) is 1. The SMILES string of the molecule is CNC(Cc1ccn(C)n1)C(C)(C)N1CCOCC1. The Morgan fingerprint density at radius 3 is 2.63 bits per heavy atom. The maximum atomic E-state index is 5.45. The second-order valence-electron chi connectivity index (χ2n) is 5.78. The van der Waals surface area contributed by atoms with Gasteiger partial charge in [0.1, 0.15) is 0 Å². The van der Waals surface area contributed by atoms with Crippen molar-refractivity contribution in [2.24, 2.45) is 7.05 Å². The summed E-state index contributed by atoms with van der Waals surface area (Å²) < 4.78 is 7.32. The highest BCUT2D eigenvalue weighted by Crippen LogP contribution is 2.22. The van der Waals surface area contributed by atoms with Crippen LogP contribution in [0.15, 0.2) is 12.3 Å². The van der Waals surface area contributed by atoms with Crippen molar-refractivity contribution in [1.82, 2.24) is 20.0 Å². The summed E-state index contributed by atoms with van der Waals surface area (Å²) in [7, 11) is 4.00. The summed E-state index contributed by atoms with van der Waals surface area (Å²) in [6.45, 7) is 8.30. The maximum Gasteiger partial charge on any atom is 0.0640 e. The van der Waals surface area contributed by atoms with Crippen LogP contribution in [0.25, 0.3) is 0 Å². The molecule has 5 heteroatoms. The minimum Gasteiger partial charge on any atom is -0.379 e. The monoisotopic (exact) mass is 266 g/mol. The largest absolute Gasteiger partial charge is 0.379 e. The van der Waals surface area contributed by atoms with Crippen LogP contribution in [0.5, 0.6) is 0 Å². The number of rotatable bonds is 5. The Kier molecular flexibility index (Phi) is 4.60. The van der Waals surface area contributed by atoms with Crippen molar-refractivity contribution in [3.8, 4) is 0 Å². The van der Waals surface area contributed by atoms with E-state index in [1.807, 2.05) is 25.0 Å². The smallest absolute Gasteiger partial charge is 0.0640 e. The number of aryl methyl sites for hydroxylation is 1. The molecule has 0 radical (unpaired) electrons. The van der Waals surface area contributed by atoms with Crippen molar-refractivity contribution >= 4 is 0 Å². The normalized spacial score (nSPS) is 19.6. The molecule has 0 amide bonds. The fourth-order valence-corrected chi connectivity index (χ4v) is 2.85. The van der Waals surface area contributed by atoms with Crippen LogP contribution in [0, 0.1) is 0 Å². The molecule has 2 rings (SSSR count). The number of aromatic nitrogens is 2. The molecule has 1 aliphatic rings. The third kappa shape index (κ3) is 3.35. The lowest BCUT2D eigenvalue weighted by atomic mass is 9.88. The van der Waals surface area contributed by atoms with Crippen LogP contribution in [-0.4, -0.2) is 59.6 Å². The third-order valence-electron chi connectivity index (χ3n) is 4.21. The highest BCUT2D eigenvalue weighted by Gasteiger charge is 2.35. The summed E-state index contributed by atoms with van der Waals surface area (Å²) in [6.07, 6.45) is 2.95. The van der Waals surface area contributed by atoms with Gasteiger partial charge in [-0.25, -0.2) is 0 Å². The van der Waals surface area contributed by atoms with E-state index in [2.05, 4.69) is 35.2 Å². The Hall–Kier alpha value is -0.910. The van der Waals surface area contributed by atoms with Crippen LogP contribution in [0.1, 0.15) is 19.5 Å². The van der Waals surface area contributed by atoms with Crippen LogP contribution in [0.3, 0.4) is 0 Å². The minimum absolute atomic E-state index is 0.0933. The molecular formula is C14H26N4O. The predicted molar refractivity (Wildman–Crippen MR) is 76.2 cm³/mol. The van der Waals surface area contributed by atoms with E-state index in [1.165, 1.54) is 0 Å². The molecule has 19 heavy (non-hydrogen) atoms. The van der Waals surface area contributed by atoms with Gasteiger partial charge in [-0.15, -0.1) is 0 Å². The summed E-state index contributed by atoms with van der Waals surface area (Å²) in [6, 6.07) is 2.47.